The van der Waals surface area contributed by atoms with Crippen molar-refractivity contribution < 1.29 is 42.9 Å². The van der Waals surface area contributed by atoms with Crippen molar-refractivity contribution in [2.45, 2.75) is 153 Å². The number of Topliss-reactive ketones (excluding diaryl/α,β-unsaturated/α-hetero) is 3. The molecular formula is C43H66N6O9. The van der Waals surface area contributed by atoms with Crippen molar-refractivity contribution in [2.75, 3.05) is 26.8 Å². The molecule has 1 aromatic carbocycles. The number of hydrogen-bond acceptors (Lipinski definition) is 13. The Bertz CT molecular complexity index is 1610. The number of ether oxygens (including phenoxy) is 4. The van der Waals surface area contributed by atoms with Crippen LogP contribution >= 0.6 is 0 Å². The lowest BCUT2D eigenvalue weighted by Gasteiger charge is -2.42. The summed E-state index contributed by atoms with van der Waals surface area (Å²) in [6.45, 7) is 12.2. The monoisotopic (exact) mass is 810 g/mol. The molecule has 15 heteroatoms. The highest BCUT2D eigenvalue weighted by Gasteiger charge is 2.72. The van der Waals surface area contributed by atoms with Crippen molar-refractivity contribution in [1.29, 1.82) is 0 Å². The summed E-state index contributed by atoms with van der Waals surface area (Å²) < 4.78 is 24.4. The van der Waals surface area contributed by atoms with Crippen LogP contribution in [0.5, 0.6) is 0 Å². The van der Waals surface area contributed by atoms with E-state index in [1.165, 1.54) is 12.5 Å². The molecule has 4 unspecified atom stereocenters. The molecule has 2 aliphatic heterocycles. The molecule has 2 amide bonds. The molecule has 4 aliphatic rings. The van der Waals surface area contributed by atoms with Gasteiger partial charge in [0.1, 0.15) is 29.2 Å². The van der Waals surface area contributed by atoms with Crippen LogP contribution in [0.2, 0.25) is 0 Å². The summed E-state index contributed by atoms with van der Waals surface area (Å²) in [5.74, 6) is -1.60. The summed E-state index contributed by atoms with van der Waals surface area (Å²) in [6, 6.07) is 7.39. The molecule has 2 saturated heterocycles. The lowest BCUT2D eigenvalue weighted by molar-refractivity contribution is -0.139. The number of hydrazine groups is 2. The summed E-state index contributed by atoms with van der Waals surface area (Å²) >= 11 is 0. The number of benzene rings is 1. The Balaban J connectivity index is 1.05. The third-order valence-electron chi connectivity index (χ3n) is 11.9. The molecule has 1 aromatic rings. The molecule has 58 heavy (non-hydrogen) atoms. The maximum Gasteiger partial charge on any atom is 0.407 e. The zero-order valence-electron chi connectivity index (χ0n) is 35.3. The number of epoxide rings is 2. The molecule has 2 aliphatic carbocycles. The van der Waals surface area contributed by atoms with Crippen molar-refractivity contribution in [3.8, 4) is 0 Å². The van der Waals surface area contributed by atoms with E-state index in [2.05, 4.69) is 59.2 Å². The van der Waals surface area contributed by atoms with Gasteiger partial charge in [0.2, 0.25) is 17.5 Å². The average Bonchev–Trinajstić information content (AvgIpc) is 4.10. The minimum atomic E-state index is -0.899. The third-order valence-corrected chi connectivity index (χ3v) is 11.9. The van der Waals surface area contributed by atoms with Gasteiger partial charge in [0.25, 0.3) is 0 Å². The molecule has 8 atom stereocenters. The number of amides is 2. The van der Waals surface area contributed by atoms with Crippen LogP contribution in [-0.2, 0) is 44.5 Å². The summed E-state index contributed by atoms with van der Waals surface area (Å²) in [5.41, 5.74) is 12.8. The molecule has 0 radical (unpaired) electrons. The SMILES string of the molecule is COC1C(OC(=O)NC2CCC(NC(=O)CNN[C@@H](CC(C)C)C(=O)C(=O)[C@H](Cc3ccccc3)NNCC(C)=O)CC2)CC[C@]2(CO2)C1C1(C)O[C@@H]1CC=C(C)C. The Morgan fingerprint density at radius 2 is 1.50 bits per heavy atom. The van der Waals surface area contributed by atoms with Crippen LogP contribution in [0.4, 0.5) is 4.79 Å². The summed E-state index contributed by atoms with van der Waals surface area (Å²) in [7, 11) is 1.66. The smallest absolute Gasteiger partial charge is 0.407 e. The molecule has 0 bridgehead atoms. The second-order valence-electron chi connectivity index (χ2n) is 17.4. The van der Waals surface area contributed by atoms with Gasteiger partial charge in [-0.05, 0) is 97.0 Å². The van der Waals surface area contributed by atoms with Crippen molar-refractivity contribution in [2.24, 2.45) is 11.8 Å². The Morgan fingerprint density at radius 1 is 0.879 bits per heavy atom. The zero-order valence-corrected chi connectivity index (χ0v) is 35.3. The summed E-state index contributed by atoms with van der Waals surface area (Å²) in [5, 5.41) is 6.09. The maximum atomic E-state index is 13.5. The van der Waals surface area contributed by atoms with Crippen molar-refractivity contribution in [3.63, 3.8) is 0 Å². The number of carbonyl (C=O) groups excluding carboxylic acids is 5. The molecule has 15 nitrogen and oxygen atoms in total. The Morgan fingerprint density at radius 3 is 2.10 bits per heavy atom. The highest BCUT2D eigenvalue weighted by molar-refractivity contribution is 6.41. The fraction of sp³-hybridized carbons (Fsp3) is 0.698. The normalized spacial score (nSPS) is 29.9. The highest BCUT2D eigenvalue weighted by atomic mass is 16.6. The first kappa shape index (κ1) is 45.5. The lowest BCUT2D eigenvalue weighted by Crippen LogP contribution is -2.56. The third kappa shape index (κ3) is 12.5. The summed E-state index contributed by atoms with van der Waals surface area (Å²) in [4.78, 5) is 64.7. The van der Waals surface area contributed by atoms with E-state index in [9.17, 15) is 24.0 Å². The Hall–Kier alpha value is -3.57. The van der Waals surface area contributed by atoms with E-state index in [0.717, 1.165) is 18.4 Å². The molecule has 0 aromatic heterocycles. The van der Waals surface area contributed by atoms with Crippen LogP contribution < -0.4 is 32.3 Å². The van der Waals surface area contributed by atoms with Crippen LogP contribution in [0.15, 0.2) is 42.0 Å². The topological polar surface area (TPSA) is 201 Å². The van der Waals surface area contributed by atoms with Crippen LogP contribution in [-0.4, -0.2) is 110 Å². The van der Waals surface area contributed by atoms with E-state index in [0.29, 0.717) is 45.1 Å². The first-order valence-corrected chi connectivity index (χ1v) is 21.0. The first-order valence-electron chi connectivity index (χ1n) is 21.0. The lowest BCUT2D eigenvalue weighted by atomic mass is 9.68. The van der Waals surface area contributed by atoms with Gasteiger partial charge in [-0.15, -0.1) is 0 Å². The van der Waals surface area contributed by atoms with Gasteiger partial charge in [0, 0.05) is 19.2 Å². The number of allylic oxidation sites excluding steroid dienone is 1. The number of alkyl carbamates (subject to hydrolysis) is 1. The fourth-order valence-electron chi connectivity index (χ4n) is 8.73. The molecule has 322 valence electrons. The van der Waals surface area contributed by atoms with Crippen molar-refractivity contribution in [1.82, 2.24) is 32.3 Å². The average molecular weight is 811 g/mol. The molecule has 2 saturated carbocycles. The Kier molecular flexibility index (Phi) is 16.2. The standard InChI is InChI=1S/C43H66N6O9/c1-26(2)13-18-35-42(6,58-35)40-39(55-7)34(19-20-43(40)25-56-43)57-41(54)47-31-16-14-30(15-17-31)46-36(51)24-45-48-32(21-27(3)4)37(52)38(53)33(49-44-23-28(5)50)22-29-11-9-8-10-12-29/h8-13,27,30-35,39-40,44-45,48-49H,14-25H2,1-7H3,(H,46,51)(H,47,54)/t30?,31?,32-,33-,34?,35+,39?,40?,42?,43-/m0/s1. The van der Waals surface area contributed by atoms with Gasteiger partial charge in [-0.2, -0.15) is 0 Å². The number of ketones is 3. The van der Waals surface area contributed by atoms with E-state index in [1.807, 2.05) is 44.2 Å². The largest absolute Gasteiger partial charge is 0.443 e. The zero-order chi connectivity index (χ0) is 42.0. The van der Waals surface area contributed by atoms with Crippen LogP contribution in [0.25, 0.3) is 0 Å². The van der Waals surface area contributed by atoms with Gasteiger partial charge in [-0.25, -0.2) is 26.5 Å². The molecule has 4 fully saturated rings. The fourth-order valence-corrected chi connectivity index (χ4v) is 8.73. The number of carbonyl (C=O) groups is 5. The van der Waals surface area contributed by atoms with Crippen LogP contribution in [0.1, 0.15) is 98.5 Å². The Labute approximate surface area is 343 Å². The molecule has 1 spiro atoms. The number of nitrogens with one attached hydrogen (secondary N) is 6. The predicted octanol–water partition coefficient (Wildman–Crippen LogP) is 3.16. The second kappa shape index (κ2) is 20.6. The van der Waals surface area contributed by atoms with E-state index in [1.54, 1.807) is 7.11 Å². The molecule has 2 heterocycles. The second-order valence-corrected chi connectivity index (χ2v) is 17.4. The number of rotatable bonds is 22. The van der Waals surface area contributed by atoms with Gasteiger partial charge in [-0.3, -0.25) is 19.2 Å². The van der Waals surface area contributed by atoms with Gasteiger partial charge in [-0.1, -0.05) is 55.8 Å². The first-order chi connectivity index (χ1) is 27.6. The van der Waals surface area contributed by atoms with E-state index in [4.69, 9.17) is 18.9 Å². The van der Waals surface area contributed by atoms with Crippen LogP contribution in [0, 0.1) is 11.8 Å². The number of methoxy groups -OCH3 is 1. The van der Waals surface area contributed by atoms with Crippen LogP contribution in [0.3, 0.4) is 0 Å². The highest BCUT2D eigenvalue weighted by Crippen LogP contribution is 2.59. The molecular weight excluding hydrogens is 745 g/mol. The van der Waals surface area contributed by atoms with Crippen molar-refractivity contribution in [3.05, 3.63) is 47.5 Å². The van der Waals surface area contributed by atoms with E-state index < -0.39 is 41.4 Å². The molecule has 6 N–H and O–H groups in total. The maximum absolute atomic E-state index is 13.5. The predicted molar refractivity (Wildman–Crippen MR) is 217 cm³/mol. The van der Waals surface area contributed by atoms with Gasteiger partial charge >= 0.3 is 6.09 Å². The van der Waals surface area contributed by atoms with E-state index in [-0.39, 0.29) is 72.9 Å². The minimum Gasteiger partial charge on any atom is -0.443 e. The number of hydrogen-bond donors (Lipinski definition) is 6. The van der Waals surface area contributed by atoms with Gasteiger partial charge in [0.15, 0.2) is 0 Å². The molecule has 5 rings (SSSR count). The van der Waals surface area contributed by atoms with Gasteiger partial charge < -0.3 is 29.6 Å². The summed E-state index contributed by atoms with van der Waals surface area (Å²) in [6.07, 6.45) is 6.57. The van der Waals surface area contributed by atoms with Crippen molar-refractivity contribution >= 4 is 29.4 Å². The quantitative estimate of drug-likeness (QED) is 0.0433. The van der Waals surface area contributed by atoms with E-state index >= 15 is 0 Å². The minimum absolute atomic E-state index is 0.00292. The van der Waals surface area contributed by atoms with Gasteiger partial charge in [0.05, 0.1) is 43.8 Å².